The second-order valence-corrected chi connectivity index (χ2v) is 7.28. The van der Waals surface area contributed by atoms with Crippen LogP contribution in [0.3, 0.4) is 0 Å². The molecular formula is C15H18N6O6S. The smallest absolute Gasteiger partial charge is 0.247 e. The molecule has 3 N–H and O–H groups in total. The lowest BCUT2D eigenvalue weighted by atomic mass is 9.97. The first-order valence-corrected chi connectivity index (χ1v) is 9.39. The van der Waals surface area contributed by atoms with Crippen molar-refractivity contribution in [3.05, 3.63) is 29.9 Å². The molecule has 2 rings (SSSR count). The topological polar surface area (TPSA) is 180 Å². The number of sulfonamides is 1. The standard InChI is InChI=1S/C15H18N6O6S/c1-9-12(8-19-27-9)13(22)11(5-16)14(23)21-15-17-6-10(7-18-15)28(24,25)20-3-4-26-2/h6-8,11,13,20,22H,3-4H2,1-2H3,(H,17,18,21,23). The summed E-state index contributed by atoms with van der Waals surface area (Å²) < 4.78 is 35.9. The van der Waals surface area contributed by atoms with Gasteiger partial charge in [-0.15, -0.1) is 0 Å². The Kier molecular flexibility index (Phi) is 7.12. The van der Waals surface area contributed by atoms with Gasteiger partial charge in [0.2, 0.25) is 21.9 Å². The molecule has 2 unspecified atom stereocenters. The first-order valence-electron chi connectivity index (χ1n) is 7.90. The number of rotatable bonds is 9. The minimum atomic E-state index is -3.82. The maximum Gasteiger partial charge on any atom is 0.247 e. The van der Waals surface area contributed by atoms with Gasteiger partial charge >= 0.3 is 0 Å². The Morgan fingerprint density at radius 2 is 2.07 bits per heavy atom. The van der Waals surface area contributed by atoms with Crippen LogP contribution in [-0.2, 0) is 19.6 Å². The van der Waals surface area contributed by atoms with Gasteiger partial charge in [0.05, 0.1) is 31.3 Å². The van der Waals surface area contributed by atoms with Crippen molar-refractivity contribution in [3.8, 4) is 6.07 Å². The summed E-state index contributed by atoms with van der Waals surface area (Å²) in [6, 6.07) is 1.70. The van der Waals surface area contributed by atoms with Crippen molar-refractivity contribution < 1.29 is 27.6 Å². The lowest BCUT2D eigenvalue weighted by Gasteiger charge is -2.15. The Labute approximate surface area is 160 Å². The monoisotopic (exact) mass is 410 g/mol. The molecule has 2 atom stereocenters. The molecule has 12 nitrogen and oxygen atoms in total. The molecule has 150 valence electrons. The number of aromatic nitrogens is 3. The van der Waals surface area contributed by atoms with Gasteiger partial charge in [-0.3, -0.25) is 10.1 Å². The highest BCUT2D eigenvalue weighted by atomic mass is 32.2. The summed E-state index contributed by atoms with van der Waals surface area (Å²) in [4.78, 5) is 19.6. The van der Waals surface area contributed by atoms with Crippen LogP contribution in [-0.4, -0.2) is 54.8 Å². The number of aryl methyl sites for hydroxylation is 1. The van der Waals surface area contributed by atoms with Crippen LogP contribution < -0.4 is 10.0 Å². The van der Waals surface area contributed by atoms with Crippen molar-refractivity contribution >= 4 is 21.9 Å². The molecule has 2 aromatic heterocycles. The summed E-state index contributed by atoms with van der Waals surface area (Å²) in [7, 11) is -2.39. The van der Waals surface area contributed by atoms with E-state index in [0.717, 1.165) is 12.4 Å². The SMILES string of the molecule is COCCNS(=O)(=O)c1cnc(NC(=O)C(C#N)C(O)c2cnoc2C)nc1. The van der Waals surface area contributed by atoms with Crippen LogP contribution in [0.25, 0.3) is 0 Å². The zero-order chi connectivity index (χ0) is 20.7. The highest BCUT2D eigenvalue weighted by Crippen LogP contribution is 2.25. The Morgan fingerprint density at radius 1 is 1.39 bits per heavy atom. The van der Waals surface area contributed by atoms with Gasteiger partial charge in [-0.25, -0.2) is 23.1 Å². The van der Waals surface area contributed by atoms with Gasteiger partial charge in [0.25, 0.3) is 0 Å². The second-order valence-electron chi connectivity index (χ2n) is 5.51. The van der Waals surface area contributed by atoms with E-state index < -0.39 is 28.0 Å². The predicted molar refractivity (Wildman–Crippen MR) is 93.0 cm³/mol. The third-order valence-electron chi connectivity index (χ3n) is 3.62. The van der Waals surface area contributed by atoms with E-state index in [9.17, 15) is 23.6 Å². The van der Waals surface area contributed by atoms with Crippen LogP contribution in [0, 0.1) is 24.2 Å². The molecule has 2 aromatic rings. The summed E-state index contributed by atoms with van der Waals surface area (Å²) in [5, 5.41) is 25.2. The Balaban J connectivity index is 2.07. The molecule has 0 spiro atoms. The Morgan fingerprint density at radius 3 is 2.61 bits per heavy atom. The predicted octanol–water partition coefficient (Wildman–Crippen LogP) is -0.490. The number of ether oxygens (including phenoxy) is 1. The molecule has 2 heterocycles. The molecule has 0 bridgehead atoms. The minimum Gasteiger partial charge on any atom is -0.386 e. The van der Waals surface area contributed by atoms with Crippen molar-refractivity contribution in [2.45, 2.75) is 17.9 Å². The average Bonchev–Trinajstić information content (AvgIpc) is 3.08. The number of amides is 1. The van der Waals surface area contributed by atoms with E-state index in [1.807, 2.05) is 0 Å². The van der Waals surface area contributed by atoms with E-state index in [2.05, 4.69) is 25.2 Å². The summed E-state index contributed by atoms with van der Waals surface area (Å²) >= 11 is 0. The quantitative estimate of drug-likeness (QED) is 0.456. The normalized spacial score (nSPS) is 13.5. The summed E-state index contributed by atoms with van der Waals surface area (Å²) in [5.41, 5.74) is 0.200. The number of methoxy groups -OCH3 is 1. The zero-order valence-corrected chi connectivity index (χ0v) is 15.8. The number of aliphatic hydroxyl groups excluding tert-OH is 1. The number of nitriles is 1. The van der Waals surface area contributed by atoms with Crippen LogP contribution in [0.1, 0.15) is 17.4 Å². The first-order chi connectivity index (χ1) is 13.3. The van der Waals surface area contributed by atoms with Crippen LogP contribution in [0.15, 0.2) is 28.0 Å². The van der Waals surface area contributed by atoms with Crippen LogP contribution in [0.2, 0.25) is 0 Å². The van der Waals surface area contributed by atoms with Gasteiger partial charge in [-0.05, 0) is 6.92 Å². The lowest BCUT2D eigenvalue weighted by molar-refractivity contribution is -0.121. The van der Waals surface area contributed by atoms with E-state index in [-0.39, 0.29) is 35.3 Å². The fraction of sp³-hybridized carbons (Fsp3) is 0.400. The largest absolute Gasteiger partial charge is 0.386 e. The number of anilines is 1. The van der Waals surface area contributed by atoms with Gasteiger partial charge in [-0.1, -0.05) is 5.16 Å². The molecule has 0 aliphatic carbocycles. The molecule has 0 saturated carbocycles. The van der Waals surface area contributed by atoms with Crippen molar-refractivity contribution in [2.24, 2.45) is 5.92 Å². The highest BCUT2D eigenvalue weighted by molar-refractivity contribution is 7.89. The number of carbonyl (C=O) groups is 1. The summed E-state index contributed by atoms with van der Waals surface area (Å²) in [6.45, 7) is 1.79. The highest BCUT2D eigenvalue weighted by Gasteiger charge is 2.31. The van der Waals surface area contributed by atoms with E-state index >= 15 is 0 Å². The van der Waals surface area contributed by atoms with Gasteiger partial charge in [-0.2, -0.15) is 5.26 Å². The van der Waals surface area contributed by atoms with Crippen molar-refractivity contribution in [1.82, 2.24) is 19.8 Å². The molecule has 0 aliphatic heterocycles. The van der Waals surface area contributed by atoms with Gasteiger partial charge < -0.3 is 14.4 Å². The maximum atomic E-state index is 12.3. The molecule has 1 amide bonds. The molecule has 0 aliphatic rings. The van der Waals surface area contributed by atoms with E-state index in [0.29, 0.717) is 0 Å². The van der Waals surface area contributed by atoms with Crippen molar-refractivity contribution in [3.63, 3.8) is 0 Å². The van der Waals surface area contributed by atoms with Gasteiger partial charge in [0, 0.05) is 19.2 Å². The van der Waals surface area contributed by atoms with E-state index in [1.54, 1.807) is 6.07 Å². The van der Waals surface area contributed by atoms with Crippen LogP contribution in [0.4, 0.5) is 5.95 Å². The molecule has 28 heavy (non-hydrogen) atoms. The number of carbonyl (C=O) groups excluding carboxylic acids is 1. The molecule has 13 heteroatoms. The average molecular weight is 410 g/mol. The zero-order valence-electron chi connectivity index (χ0n) is 15.0. The number of nitrogens with zero attached hydrogens (tertiary/aromatic N) is 4. The molecule has 0 saturated heterocycles. The van der Waals surface area contributed by atoms with E-state index in [4.69, 9.17) is 9.26 Å². The maximum absolute atomic E-state index is 12.3. The van der Waals surface area contributed by atoms with E-state index in [1.165, 1.54) is 20.2 Å². The van der Waals surface area contributed by atoms with Crippen molar-refractivity contribution in [2.75, 3.05) is 25.6 Å². The third kappa shape index (κ3) is 5.08. The van der Waals surface area contributed by atoms with Gasteiger partial charge in [0.1, 0.15) is 16.8 Å². The lowest BCUT2D eigenvalue weighted by Crippen LogP contribution is -2.29. The molecule has 0 radical (unpaired) electrons. The third-order valence-corrected chi connectivity index (χ3v) is 5.03. The second kappa shape index (κ2) is 9.33. The molecule has 0 fully saturated rings. The Bertz CT molecular complexity index is 952. The van der Waals surface area contributed by atoms with Crippen LogP contribution in [0.5, 0.6) is 0 Å². The Hall–Kier alpha value is -2.92. The summed E-state index contributed by atoms with van der Waals surface area (Å²) in [6.07, 6.45) is 1.74. The first kappa shape index (κ1) is 21.4. The van der Waals surface area contributed by atoms with Crippen molar-refractivity contribution in [1.29, 1.82) is 5.26 Å². The number of hydrogen-bond acceptors (Lipinski definition) is 10. The van der Waals surface area contributed by atoms with Gasteiger partial charge in [0.15, 0.2) is 5.92 Å². The fourth-order valence-corrected chi connectivity index (χ4v) is 3.01. The number of aliphatic hydroxyl groups is 1. The minimum absolute atomic E-state index is 0.0708. The van der Waals surface area contributed by atoms with Crippen LogP contribution >= 0.6 is 0 Å². The number of hydrogen-bond donors (Lipinski definition) is 3. The molecular weight excluding hydrogens is 392 g/mol. The number of nitrogens with one attached hydrogen (secondary N) is 2. The fourth-order valence-electron chi connectivity index (χ4n) is 2.11. The molecule has 0 aromatic carbocycles. The summed E-state index contributed by atoms with van der Waals surface area (Å²) in [5.74, 6) is -2.31.